The van der Waals surface area contributed by atoms with E-state index in [0.717, 1.165) is 31.7 Å². The lowest BCUT2D eigenvalue weighted by atomic mass is 10.2. The lowest BCUT2D eigenvalue weighted by molar-refractivity contribution is 0.415. The molecule has 1 aromatic heterocycles. The third kappa shape index (κ3) is 3.55. The first-order chi connectivity index (χ1) is 9.01. The molecule has 1 N–H and O–H groups in total. The normalized spacial score (nSPS) is 10.6. The highest BCUT2D eigenvalue weighted by molar-refractivity contribution is 9.13. The molecule has 0 bridgehead atoms. The Kier molecular flexibility index (Phi) is 4.97. The summed E-state index contributed by atoms with van der Waals surface area (Å²) < 4.78 is 13.5. The Morgan fingerprint density at radius 3 is 2.53 bits per heavy atom. The molecule has 0 unspecified atom stereocenters. The van der Waals surface area contributed by atoms with Crippen molar-refractivity contribution in [2.45, 2.75) is 13.5 Å². The van der Waals surface area contributed by atoms with Crippen LogP contribution in [-0.4, -0.2) is 7.11 Å². The number of hydrogen-bond acceptors (Lipinski definition) is 3. The fraction of sp³-hybridized carbons (Fsp3) is 0.231. The minimum absolute atomic E-state index is 0.586. The molecule has 0 saturated heterocycles. The van der Waals surface area contributed by atoms with E-state index in [0.29, 0.717) is 11.2 Å². The number of hydrogen-bond donors (Lipinski definition) is 1. The zero-order chi connectivity index (χ0) is 14.0. The van der Waals surface area contributed by atoms with Crippen LogP contribution in [0.4, 0.5) is 5.69 Å². The van der Waals surface area contributed by atoms with Gasteiger partial charge in [-0.2, -0.15) is 0 Å². The van der Waals surface area contributed by atoms with E-state index in [2.05, 4.69) is 53.1 Å². The number of nitrogens with one attached hydrogen (secondary N) is 1. The molecule has 0 aliphatic carbocycles. The molecule has 0 atom stereocenters. The van der Waals surface area contributed by atoms with Crippen LogP contribution in [0.3, 0.4) is 0 Å². The van der Waals surface area contributed by atoms with Crippen LogP contribution in [0.15, 0.2) is 36.2 Å². The van der Waals surface area contributed by atoms with Crippen molar-refractivity contribution in [3.05, 3.63) is 43.1 Å². The van der Waals surface area contributed by atoms with Crippen molar-refractivity contribution in [3.63, 3.8) is 0 Å². The summed E-state index contributed by atoms with van der Waals surface area (Å²) in [6, 6.07) is 5.90. The van der Waals surface area contributed by atoms with Gasteiger partial charge in [0, 0.05) is 4.47 Å². The first kappa shape index (κ1) is 14.9. The van der Waals surface area contributed by atoms with Gasteiger partial charge in [-0.25, -0.2) is 0 Å². The molecule has 0 spiro atoms. The highest BCUT2D eigenvalue weighted by atomic mass is 79.9. The molecule has 0 radical (unpaired) electrons. The minimum Gasteiger partial charge on any atom is -0.495 e. The molecule has 2 rings (SSSR count). The van der Waals surface area contributed by atoms with Crippen molar-refractivity contribution >= 4 is 53.5 Å². The number of furan rings is 1. The molecule has 0 aliphatic rings. The smallest absolute Gasteiger partial charge is 0.183 e. The quantitative estimate of drug-likeness (QED) is 0.664. The topological polar surface area (TPSA) is 34.4 Å². The number of halogens is 3. The molecule has 102 valence electrons. The molecule has 6 heteroatoms. The monoisotopic (exact) mass is 451 g/mol. The van der Waals surface area contributed by atoms with E-state index in [9.17, 15) is 0 Å². The predicted octanol–water partition coefficient (Wildman–Crippen LogP) is 5.50. The van der Waals surface area contributed by atoms with Gasteiger partial charge < -0.3 is 14.5 Å². The van der Waals surface area contributed by atoms with Gasteiger partial charge in [0.25, 0.3) is 0 Å². The van der Waals surface area contributed by atoms with Crippen molar-refractivity contribution in [3.8, 4) is 5.75 Å². The van der Waals surface area contributed by atoms with Crippen LogP contribution >= 0.6 is 47.8 Å². The van der Waals surface area contributed by atoms with Gasteiger partial charge in [0.05, 0.1) is 23.8 Å². The van der Waals surface area contributed by atoms with E-state index in [-0.39, 0.29) is 0 Å². The Balaban J connectivity index is 2.19. The van der Waals surface area contributed by atoms with E-state index in [4.69, 9.17) is 9.15 Å². The molecule has 2 aromatic rings. The van der Waals surface area contributed by atoms with Crippen molar-refractivity contribution < 1.29 is 9.15 Å². The lowest BCUT2D eigenvalue weighted by Gasteiger charge is -2.13. The fourth-order valence-electron chi connectivity index (χ4n) is 1.75. The standard InChI is InChI=1S/C13H12Br3NO2/c1-7-3-8(14)4-11(18-2)12(7)17-6-9-5-10(15)13(16)19-9/h3-5,17H,6H2,1-2H3. The van der Waals surface area contributed by atoms with Crippen LogP contribution in [0.1, 0.15) is 11.3 Å². The molecule has 0 amide bonds. The molecule has 0 saturated carbocycles. The van der Waals surface area contributed by atoms with Crippen LogP contribution in [0.5, 0.6) is 5.75 Å². The minimum atomic E-state index is 0.586. The van der Waals surface area contributed by atoms with Crippen molar-refractivity contribution in [1.82, 2.24) is 0 Å². The van der Waals surface area contributed by atoms with Crippen molar-refractivity contribution in [2.24, 2.45) is 0 Å². The lowest BCUT2D eigenvalue weighted by Crippen LogP contribution is -2.02. The second-order valence-corrected chi connectivity index (χ2v) is 6.48. The van der Waals surface area contributed by atoms with E-state index in [1.807, 2.05) is 25.1 Å². The number of benzene rings is 1. The van der Waals surface area contributed by atoms with Gasteiger partial charge in [-0.05, 0) is 62.5 Å². The highest BCUT2D eigenvalue weighted by Crippen LogP contribution is 2.33. The number of ether oxygens (including phenoxy) is 1. The molecule has 1 heterocycles. The summed E-state index contributed by atoms with van der Waals surface area (Å²) in [6.45, 7) is 2.62. The van der Waals surface area contributed by atoms with Gasteiger partial charge in [-0.1, -0.05) is 15.9 Å². The third-order valence-corrected chi connectivity index (χ3v) is 4.79. The zero-order valence-corrected chi connectivity index (χ0v) is 15.1. The van der Waals surface area contributed by atoms with E-state index in [1.54, 1.807) is 7.11 Å². The summed E-state index contributed by atoms with van der Waals surface area (Å²) in [7, 11) is 1.66. The summed E-state index contributed by atoms with van der Waals surface area (Å²) in [6.07, 6.45) is 0. The van der Waals surface area contributed by atoms with Gasteiger partial charge in [-0.3, -0.25) is 0 Å². The molecule has 1 aromatic carbocycles. The Hall–Kier alpha value is -0.460. The van der Waals surface area contributed by atoms with Crippen LogP contribution in [-0.2, 0) is 6.54 Å². The maximum absolute atomic E-state index is 5.53. The Labute approximate surface area is 137 Å². The van der Waals surface area contributed by atoms with Gasteiger partial charge in [0.1, 0.15) is 11.5 Å². The Morgan fingerprint density at radius 2 is 1.95 bits per heavy atom. The number of rotatable bonds is 4. The zero-order valence-electron chi connectivity index (χ0n) is 10.4. The summed E-state index contributed by atoms with van der Waals surface area (Å²) in [5, 5.41) is 3.34. The van der Waals surface area contributed by atoms with Crippen molar-refractivity contribution in [2.75, 3.05) is 12.4 Å². The van der Waals surface area contributed by atoms with E-state index >= 15 is 0 Å². The number of methoxy groups -OCH3 is 1. The van der Waals surface area contributed by atoms with Gasteiger partial charge >= 0.3 is 0 Å². The molecular weight excluding hydrogens is 442 g/mol. The predicted molar refractivity (Wildman–Crippen MR) is 86.9 cm³/mol. The van der Waals surface area contributed by atoms with Gasteiger partial charge in [0.15, 0.2) is 4.67 Å². The molecular formula is C13H12Br3NO2. The maximum Gasteiger partial charge on any atom is 0.183 e. The SMILES string of the molecule is COc1cc(Br)cc(C)c1NCc1cc(Br)c(Br)o1. The second-order valence-electron chi connectivity index (χ2n) is 3.99. The molecule has 0 fully saturated rings. The Bertz CT molecular complexity index is 576. The molecule has 0 aliphatic heterocycles. The average molecular weight is 454 g/mol. The van der Waals surface area contributed by atoms with Crippen LogP contribution < -0.4 is 10.1 Å². The molecule has 3 nitrogen and oxygen atoms in total. The maximum atomic E-state index is 5.53. The summed E-state index contributed by atoms with van der Waals surface area (Å²) in [5.74, 6) is 1.64. The second kappa shape index (κ2) is 6.33. The van der Waals surface area contributed by atoms with Gasteiger partial charge in [0.2, 0.25) is 0 Å². The van der Waals surface area contributed by atoms with Gasteiger partial charge in [-0.15, -0.1) is 0 Å². The third-order valence-electron chi connectivity index (χ3n) is 2.62. The average Bonchev–Trinajstić information content (AvgIpc) is 2.66. The van der Waals surface area contributed by atoms with E-state index < -0.39 is 0 Å². The number of anilines is 1. The first-order valence-corrected chi connectivity index (χ1v) is 7.91. The number of aryl methyl sites for hydroxylation is 1. The highest BCUT2D eigenvalue weighted by Gasteiger charge is 2.10. The van der Waals surface area contributed by atoms with E-state index in [1.165, 1.54) is 0 Å². The fourth-order valence-corrected chi connectivity index (χ4v) is 2.96. The summed E-state index contributed by atoms with van der Waals surface area (Å²) >= 11 is 10.2. The first-order valence-electron chi connectivity index (χ1n) is 5.53. The van der Waals surface area contributed by atoms with Crippen LogP contribution in [0.25, 0.3) is 0 Å². The largest absolute Gasteiger partial charge is 0.495 e. The van der Waals surface area contributed by atoms with Crippen molar-refractivity contribution in [1.29, 1.82) is 0 Å². The van der Waals surface area contributed by atoms with Crippen LogP contribution in [0, 0.1) is 6.92 Å². The molecule has 19 heavy (non-hydrogen) atoms. The summed E-state index contributed by atoms with van der Waals surface area (Å²) in [4.78, 5) is 0. The Morgan fingerprint density at radius 1 is 1.21 bits per heavy atom. The summed E-state index contributed by atoms with van der Waals surface area (Å²) in [5.41, 5.74) is 2.07. The van der Waals surface area contributed by atoms with Crippen LogP contribution in [0.2, 0.25) is 0 Å².